The van der Waals surface area contributed by atoms with Crippen LogP contribution in [0.5, 0.6) is 5.75 Å². The van der Waals surface area contributed by atoms with Crippen molar-refractivity contribution in [3.05, 3.63) is 24.0 Å². The molecule has 0 saturated heterocycles. The van der Waals surface area contributed by atoms with Crippen LogP contribution in [0.2, 0.25) is 0 Å². The van der Waals surface area contributed by atoms with Crippen LogP contribution in [0.3, 0.4) is 0 Å². The van der Waals surface area contributed by atoms with Gasteiger partial charge in [-0.3, -0.25) is 0 Å². The van der Waals surface area contributed by atoms with Gasteiger partial charge in [0.1, 0.15) is 19.0 Å². The van der Waals surface area contributed by atoms with E-state index in [0.717, 1.165) is 11.4 Å². The fourth-order valence-electron chi connectivity index (χ4n) is 1.01. The molecule has 14 heavy (non-hydrogen) atoms. The molecule has 0 aliphatic rings. The van der Waals surface area contributed by atoms with Crippen LogP contribution in [-0.4, -0.2) is 18.0 Å². The Morgan fingerprint density at radius 2 is 2.36 bits per heavy atom. The van der Waals surface area contributed by atoms with Crippen LogP contribution in [0.1, 0.15) is 12.6 Å². The molecule has 78 valence electrons. The average Bonchev–Trinajstić information content (AvgIpc) is 2.12. The van der Waals surface area contributed by atoms with E-state index in [1.54, 1.807) is 0 Å². The van der Waals surface area contributed by atoms with Gasteiger partial charge in [0.05, 0.1) is 12.7 Å². The highest BCUT2D eigenvalue weighted by molar-refractivity contribution is 5.74. The molecule has 1 N–H and O–H groups in total. The van der Waals surface area contributed by atoms with Crippen LogP contribution in [0, 0.1) is 0 Å². The highest BCUT2D eigenvalue weighted by Gasteiger charge is 2.05. The first-order valence-electron chi connectivity index (χ1n) is 4.08. The molecule has 1 aromatic heterocycles. The summed E-state index contributed by atoms with van der Waals surface area (Å²) >= 11 is 0. The molecule has 5 heteroatoms. The molecule has 0 spiro atoms. The summed E-state index contributed by atoms with van der Waals surface area (Å²) in [6.07, 6.45) is 3.21. The minimum absolute atomic E-state index is 0. The van der Waals surface area contributed by atoms with E-state index in [1.807, 2.05) is 36.9 Å². The van der Waals surface area contributed by atoms with E-state index in [9.17, 15) is 0 Å². The van der Waals surface area contributed by atoms with Crippen LogP contribution in [0.25, 0.3) is 0 Å². The van der Waals surface area contributed by atoms with Crippen molar-refractivity contribution in [2.75, 3.05) is 6.61 Å². The number of nitrogens with zero attached hydrogens (tertiary/aromatic N) is 2. The van der Waals surface area contributed by atoms with Crippen molar-refractivity contribution in [3.8, 4) is 5.75 Å². The van der Waals surface area contributed by atoms with Crippen LogP contribution in [-0.2, 0) is 7.05 Å². The molecule has 0 aliphatic heterocycles. The second-order valence-corrected chi connectivity index (χ2v) is 2.58. The third-order valence-corrected chi connectivity index (χ3v) is 1.66. The molecule has 4 nitrogen and oxygen atoms in total. The molecule has 0 fully saturated rings. The van der Waals surface area contributed by atoms with Gasteiger partial charge < -0.3 is 33.9 Å². The van der Waals surface area contributed by atoms with Gasteiger partial charge in [0.15, 0.2) is 6.20 Å². The molecule has 1 aromatic rings. The van der Waals surface area contributed by atoms with Gasteiger partial charge in [-0.1, -0.05) is 5.16 Å². The Labute approximate surface area is 100 Å². The Morgan fingerprint density at radius 1 is 1.64 bits per heavy atom. The van der Waals surface area contributed by atoms with Crippen molar-refractivity contribution in [1.29, 1.82) is 0 Å². The van der Waals surface area contributed by atoms with Crippen LogP contribution in [0.4, 0.5) is 0 Å². The van der Waals surface area contributed by atoms with Crippen molar-refractivity contribution in [2.45, 2.75) is 6.92 Å². The lowest BCUT2D eigenvalue weighted by molar-refractivity contribution is -0.672. The quantitative estimate of drug-likeness (QED) is 0.225. The minimum Gasteiger partial charge on any atom is -1.00 e. The van der Waals surface area contributed by atoms with Crippen molar-refractivity contribution >= 4 is 6.21 Å². The fraction of sp³-hybridized carbons (Fsp3) is 0.333. The summed E-state index contributed by atoms with van der Waals surface area (Å²) in [5, 5.41) is 11.3. The third kappa shape index (κ3) is 3.49. The first-order chi connectivity index (χ1) is 6.27. The highest BCUT2D eigenvalue weighted by Crippen LogP contribution is 2.07. The Morgan fingerprint density at radius 3 is 2.93 bits per heavy atom. The van der Waals surface area contributed by atoms with E-state index in [2.05, 4.69) is 5.16 Å². The molecule has 1 heterocycles. The van der Waals surface area contributed by atoms with Gasteiger partial charge in [-0.05, 0) is 6.92 Å². The second-order valence-electron chi connectivity index (χ2n) is 2.58. The highest BCUT2D eigenvalue weighted by atomic mass is 127. The van der Waals surface area contributed by atoms with E-state index in [4.69, 9.17) is 9.94 Å². The monoisotopic (exact) mass is 308 g/mol. The van der Waals surface area contributed by atoms with Gasteiger partial charge in [-0.25, -0.2) is 0 Å². The van der Waals surface area contributed by atoms with E-state index < -0.39 is 0 Å². The van der Waals surface area contributed by atoms with Crippen molar-refractivity contribution in [3.63, 3.8) is 0 Å². The molecule has 0 aromatic carbocycles. The SMILES string of the molecule is CCOc1cc[n+](C)c(/C=N/O)c1.[I-]. The van der Waals surface area contributed by atoms with Crippen molar-refractivity contribution in [2.24, 2.45) is 12.2 Å². The normalized spacial score (nSPS) is 9.86. The summed E-state index contributed by atoms with van der Waals surface area (Å²) in [6.45, 7) is 2.55. The predicted molar refractivity (Wildman–Crippen MR) is 48.2 cm³/mol. The van der Waals surface area contributed by atoms with Crippen LogP contribution >= 0.6 is 0 Å². The first-order valence-corrected chi connectivity index (χ1v) is 4.08. The standard InChI is InChI=1S/C9H12N2O2.HI/c1-3-13-9-4-5-11(2)8(6-9)7-10-12;/h4-7H,3H2,1-2H3;1H. The lowest BCUT2D eigenvalue weighted by atomic mass is 10.3. The number of oxime groups is 1. The number of halogens is 1. The molecule has 0 atom stereocenters. The molecule has 0 saturated carbocycles. The van der Waals surface area contributed by atoms with E-state index in [-0.39, 0.29) is 24.0 Å². The lowest BCUT2D eigenvalue weighted by Crippen LogP contribution is -3.00. The molecule has 0 amide bonds. The zero-order chi connectivity index (χ0) is 9.68. The molecule has 0 radical (unpaired) electrons. The number of pyridine rings is 1. The topological polar surface area (TPSA) is 45.7 Å². The second kappa shape index (κ2) is 6.58. The Hall–Kier alpha value is -0.850. The molecule has 1 rings (SSSR count). The molecule has 0 aliphatic carbocycles. The van der Waals surface area contributed by atoms with Crippen LogP contribution in [0.15, 0.2) is 23.5 Å². The van der Waals surface area contributed by atoms with Gasteiger partial charge >= 0.3 is 0 Å². The number of ether oxygens (including phenoxy) is 1. The summed E-state index contributed by atoms with van der Waals surface area (Å²) in [5.74, 6) is 0.774. The Bertz CT molecular complexity index is 316. The predicted octanol–water partition coefficient (Wildman–Crippen LogP) is -2.28. The van der Waals surface area contributed by atoms with Gasteiger partial charge in [-0.2, -0.15) is 4.57 Å². The Balaban J connectivity index is 0.00000169. The van der Waals surface area contributed by atoms with Gasteiger partial charge in [0, 0.05) is 6.07 Å². The van der Waals surface area contributed by atoms with E-state index in [0.29, 0.717) is 6.61 Å². The molecule has 0 bridgehead atoms. The smallest absolute Gasteiger partial charge is 0.230 e. The van der Waals surface area contributed by atoms with Crippen molar-refractivity contribution in [1.82, 2.24) is 0 Å². The number of hydrogen-bond acceptors (Lipinski definition) is 3. The average molecular weight is 308 g/mol. The fourth-order valence-corrected chi connectivity index (χ4v) is 1.01. The number of aryl methyl sites for hydroxylation is 1. The number of hydrogen-bond donors (Lipinski definition) is 1. The summed E-state index contributed by atoms with van der Waals surface area (Å²) in [6, 6.07) is 3.67. The first kappa shape index (κ1) is 13.2. The summed E-state index contributed by atoms with van der Waals surface area (Å²) < 4.78 is 7.13. The zero-order valence-electron chi connectivity index (χ0n) is 8.14. The maximum atomic E-state index is 8.38. The van der Waals surface area contributed by atoms with Gasteiger partial charge in [-0.15, -0.1) is 0 Å². The largest absolute Gasteiger partial charge is 1.00 e. The van der Waals surface area contributed by atoms with E-state index >= 15 is 0 Å². The zero-order valence-corrected chi connectivity index (χ0v) is 10.3. The molecular formula is C9H13IN2O2. The molecular weight excluding hydrogens is 295 g/mol. The van der Waals surface area contributed by atoms with Crippen molar-refractivity contribution < 1.29 is 38.5 Å². The number of aromatic nitrogens is 1. The summed E-state index contributed by atoms with van der Waals surface area (Å²) in [7, 11) is 1.87. The molecule has 0 unspecified atom stereocenters. The maximum Gasteiger partial charge on any atom is 0.230 e. The lowest BCUT2D eigenvalue weighted by Gasteiger charge is -2.01. The van der Waals surface area contributed by atoms with E-state index in [1.165, 1.54) is 6.21 Å². The number of rotatable bonds is 3. The van der Waals surface area contributed by atoms with Gasteiger partial charge in [0.25, 0.3) is 0 Å². The van der Waals surface area contributed by atoms with Gasteiger partial charge in [0.2, 0.25) is 5.69 Å². The minimum atomic E-state index is 0. The van der Waals surface area contributed by atoms with Crippen LogP contribution < -0.4 is 33.3 Å². The third-order valence-electron chi connectivity index (χ3n) is 1.66. The summed E-state index contributed by atoms with van der Waals surface area (Å²) in [4.78, 5) is 0. The summed E-state index contributed by atoms with van der Waals surface area (Å²) in [5.41, 5.74) is 0.786. The maximum absolute atomic E-state index is 8.38. The Kier molecular flexibility index (Phi) is 6.18.